The third kappa shape index (κ3) is 4.55. The Morgan fingerprint density at radius 2 is 1.94 bits per heavy atom. The van der Waals surface area contributed by atoms with E-state index >= 15 is 0 Å². The summed E-state index contributed by atoms with van der Waals surface area (Å²) in [6, 6.07) is 13.5. The number of nitro groups is 1. The van der Waals surface area contributed by atoms with Crippen molar-refractivity contribution in [2.75, 3.05) is 0 Å². The van der Waals surface area contributed by atoms with Crippen LogP contribution in [-0.2, 0) is 4.79 Å². The first-order valence-corrected chi connectivity index (χ1v) is 10.4. The predicted octanol–water partition coefficient (Wildman–Crippen LogP) is 6.02. The number of aliphatic imine (C=N–C) groups is 1. The van der Waals surface area contributed by atoms with Crippen LogP contribution in [-0.4, -0.2) is 16.0 Å². The van der Waals surface area contributed by atoms with Crippen molar-refractivity contribution in [3.05, 3.63) is 85.5 Å². The summed E-state index contributed by atoms with van der Waals surface area (Å²) >= 11 is 7.19. The number of aryl methyl sites for hydroxylation is 2. The van der Waals surface area contributed by atoms with Crippen LogP contribution in [0.15, 0.2) is 62.8 Å². The number of nitrogens with zero attached hydrogens (tertiary/aromatic N) is 2. The summed E-state index contributed by atoms with van der Waals surface area (Å²) in [5.41, 5.74) is 3.13. The minimum absolute atomic E-state index is 0.0249. The number of benzene rings is 2. The summed E-state index contributed by atoms with van der Waals surface area (Å²) in [7, 11) is 0. The highest BCUT2D eigenvalue weighted by Crippen LogP contribution is 2.32. The SMILES string of the molecule is Cc1cc(Cl)ccc1N=C1NC(=O)/C(=C/c2ccc(-c3ccc([N+](=O)[O-])cc3C)o2)S1. The molecule has 1 aliphatic rings. The summed E-state index contributed by atoms with van der Waals surface area (Å²) in [5.74, 6) is 0.794. The Kier molecular flexibility index (Phi) is 5.67. The van der Waals surface area contributed by atoms with Crippen molar-refractivity contribution >= 4 is 51.9 Å². The summed E-state index contributed by atoms with van der Waals surface area (Å²) < 4.78 is 5.85. The number of nitro benzene ring substituents is 1. The van der Waals surface area contributed by atoms with Crippen molar-refractivity contribution in [2.24, 2.45) is 4.99 Å². The lowest BCUT2D eigenvalue weighted by Crippen LogP contribution is -2.19. The Balaban J connectivity index is 1.56. The smallest absolute Gasteiger partial charge is 0.269 e. The van der Waals surface area contributed by atoms with Crippen molar-refractivity contribution in [3.63, 3.8) is 0 Å². The topological polar surface area (TPSA) is 97.7 Å². The number of carbonyl (C=O) groups excluding carboxylic acids is 1. The lowest BCUT2D eigenvalue weighted by atomic mass is 10.1. The van der Waals surface area contributed by atoms with Crippen molar-refractivity contribution in [1.29, 1.82) is 0 Å². The number of amidine groups is 1. The molecule has 0 spiro atoms. The maximum absolute atomic E-state index is 12.3. The van der Waals surface area contributed by atoms with E-state index in [4.69, 9.17) is 16.0 Å². The number of rotatable bonds is 4. The van der Waals surface area contributed by atoms with Crippen molar-refractivity contribution in [1.82, 2.24) is 5.32 Å². The van der Waals surface area contributed by atoms with Crippen LogP contribution in [0.3, 0.4) is 0 Å². The number of furan rings is 1. The number of carbonyl (C=O) groups is 1. The van der Waals surface area contributed by atoms with Gasteiger partial charge < -0.3 is 9.73 Å². The quantitative estimate of drug-likeness (QED) is 0.296. The second kappa shape index (κ2) is 8.41. The lowest BCUT2D eigenvalue weighted by Gasteiger charge is -2.02. The molecule has 1 amide bonds. The number of halogens is 1. The second-order valence-corrected chi connectivity index (χ2v) is 8.34. The van der Waals surface area contributed by atoms with E-state index in [1.54, 1.807) is 43.3 Å². The van der Waals surface area contributed by atoms with E-state index in [-0.39, 0.29) is 11.6 Å². The zero-order valence-electron chi connectivity index (χ0n) is 16.5. The van der Waals surface area contributed by atoms with E-state index in [0.29, 0.717) is 26.6 Å². The molecule has 7 nitrogen and oxygen atoms in total. The van der Waals surface area contributed by atoms with E-state index < -0.39 is 4.92 Å². The Bertz CT molecular complexity index is 1280. The standard InChI is InChI=1S/C22H16ClN3O4S/c1-12-10-15(26(28)29)4-6-17(12)19-8-5-16(30-19)11-20-21(27)25-22(31-20)24-18-7-3-14(23)9-13(18)2/h3-11H,1-2H3,(H,24,25,27)/b20-11-. The Labute approximate surface area is 187 Å². The third-order valence-corrected chi connectivity index (χ3v) is 5.76. The van der Waals surface area contributed by atoms with Crippen LogP contribution in [0.25, 0.3) is 17.4 Å². The Morgan fingerprint density at radius 1 is 1.13 bits per heavy atom. The van der Waals surface area contributed by atoms with Crippen molar-refractivity contribution in [2.45, 2.75) is 13.8 Å². The van der Waals surface area contributed by atoms with Gasteiger partial charge in [-0.25, -0.2) is 4.99 Å². The Hall–Kier alpha value is -3.36. The molecule has 2 heterocycles. The normalized spacial score (nSPS) is 16.2. The zero-order valence-corrected chi connectivity index (χ0v) is 18.1. The molecule has 156 valence electrons. The third-order valence-electron chi connectivity index (χ3n) is 4.62. The molecular formula is C22H16ClN3O4S. The highest BCUT2D eigenvalue weighted by atomic mass is 35.5. The minimum Gasteiger partial charge on any atom is -0.457 e. The number of hydrogen-bond acceptors (Lipinski definition) is 6. The second-order valence-electron chi connectivity index (χ2n) is 6.87. The number of thioether (sulfide) groups is 1. The summed E-state index contributed by atoms with van der Waals surface area (Å²) in [5, 5.41) is 14.8. The van der Waals surface area contributed by atoms with Crippen molar-refractivity contribution in [3.8, 4) is 11.3 Å². The largest absolute Gasteiger partial charge is 0.457 e. The maximum Gasteiger partial charge on any atom is 0.269 e. The lowest BCUT2D eigenvalue weighted by molar-refractivity contribution is -0.384. The molecule has 9 heteroatoms. The van der Waals surface area contributed by atoms with Gasteiger partial charge in [-0.1, -0.05) is 11.6 Å². The van der Waals surface area contributed by atoms with Crippen LogP contribution in [0.4, 0.5) is 11.4 Å². The molecule has 3 aromatic rings. The molecule has 0 atom stereocenters. The average molecular weight is 454 g/mol. The van der Waals surface area contributed by atoms with Gasteiger partial charge in [0.2, 0.25) is 0 Å². The first kappa shape index (κ1) is 20.9. The molecule has 1 N–H and O–H groups in total. The van der Waals surface area contributed by atoms with Crippen LogP contribution >= 0.6 is 23.4 Å². The first-order chi connectivity index (χ1) is 14.8. The number of non-ortho nitro benzene ring substituents is 1. The molecule has 0 unspecified atom stereocenters. The summed E-state index contributed by atoms with van der Waals surface area (Å²) in [4.78, 5) is 27.8. The van der Waals surface area contributed by atoms with Gasteiger partial charge in [-0.2, -0.15) is 0 Å². The van der Waals surface area contributed by atoms with Gasteiger partial charge in [-0.05, 0) is 73.1 Å². The molecule has 0 saturated carbocycles. The van der Waals surface area contributed by atoms with Gasteiger partial charge in [0.1, 0.15) is 11.5 Å². The molecule has 2 aromatic carbocycles. The fraction of sp³-hybridized carbons (Fsp3) is 0.0909. The van der Waals surface area contributed by atoms with Gasteiger partial charge in [0, 0.05) is 28.8 Å². The summed E-state index contributed by atoms with van der Waals surface area (Å²) in [6.45, 7) is 3.68. The molecule has 1 saturated heterocycles. The van der Waals surface area contributed by atoms with Crippen LogP contribution in [0, 0.1) is 24.0 Å². The van der Waals surface area contributed by atoms with Gasteiger partial charge in [-0.3, -0.25) is 14.9 Å². The van der Waals surface area contributed by atoms with Crippen LogP contribution in [0.2, 0.25) is 5.02 Å². The van der Waals surface area contributed by atoms with Crippen molar-refractivity contribution < 1.29 is 14.1 Å². The predicted molar refractivity (Wildman–Crippen MR) is 123 cm³/mol. The van der Waals surface area contributed by atoms with E-state index in [2.05, 4.69) is 10.3 Å². The molecule has 1 aromatic heterocycles. The fourth-order valence-corrected chi connectivity index (χ4v) is 4.12. The first-order valence-electron chi connectivity index (χ1n) is 9.21. The zero-order chi connectivity index (χ0) is 22.1. The highest BCUT2D eigenvalue weighted by Gasteiger charge is 2.24. The number of hydrogen-bond donors (Lipinski definition) is 1. The molecule has 31 heavy (non-hydrogen) atoms. The minimum atomic E-state index is -0.435. The summed E-state index contributed by atoms with van der Waals surface area (Å²) in [6.07, 6.45) is 1.64. The molecule has 0 radical (unpaired) electrons. The fourth-order valence-electron chi connectivity index (χ4n) is 3.08. The maximum atomic E-state index is 12.3. The molecule has 0 aliphatic carbocycles. The van der Waals surface area contributed by atoms with Gasteiger partial charge >= 0.3 is 0 Å². The van der Waals surface area contributed by atoms with Gasteiger partial charge in [0.25, 0.3) is 11.6 Å². The highest BCUT2D eigenvalue weighted by molar-refractivity contribution is 8.18. The number of nitrogens with one attached hydrogen (secondary N) is 1. The Morgan fingerprint density at radius 3 is 2.65 bits per heavy atom. The molecule has 4 rings (SSSR count). The van der Waals surface area contributed by atoms with Crippen LogP contribution < -0.4 is 5.32 Å². The van der Waals surface area contributed by atoms with Gasteiger partial charge in [0.15, 0.2) is 5.17 Å². The monoisotopic (exact) mass is 453 g/mol. The molecule has 1 aliphatic heterocycles. The molecular weight excluding hydrogens is 438 g/mol. The van der Waals surface area contributed by atoms with E-state index in [9.17, 15) is 14.9 Å². The van der Waals surface area contributed by atoms with E-state index in [0.717, 1.165) is 22.4 Å². The molecule has 1 fully saturated rings. The molecule has 0 bridgehead atoms. The number of amides is 1. The van der Waals surface area contributed by atoms with Crippen LogP contribution in [0.1, 0.15) is 16.9 Å². The van der Waals surface area contributed by atoms with E-state index in [1.165, 1.54) is 23.9 Å². The average Bonchev–Trinajstić information content (AvgIpc) is 3.31. The van der Waals surface area contributed by atoms with Gasteiger partial charge in [-0.15, -0.1) is 0 Å². The van der Waals surface area contributed by atoms with Crippen LogP contribution in [0.5, 0.6) is 0 Å². The van der Waals surface area contributed by atoms with E-state index in [1.807, 2.05) is 13.0 Å². The van der Waals surface area contributed by atoms with Gasteiger partial charge in [0.05, 0.1) is 15.5 Å².